The minimum absolute atomic E-state index is 0.105. The Labute approximate surface area is 114 Å². The van der Waals surface area contributed by atoms with Gasteiger partial charge in [0, 0.05) is 20.6 Å². The molecule has 0 saturated heterocycles. The van der Waals surface area contributed by atoms with E-state index in [1.54, 1.807) is 14.0 Å². The molecule has 0 aliphatic heterocycles. The molecule has 1 aromatic rings. The third kappa shape index (κ3) is 3.27. The van der Waals surface area contributed by atoms with Crippen molar-refractivity contribution in [3.05, 3.63) is 4.60 Å². The molecule has 0 aliphatic carbocycles. The number of nitrogens with zero attached hydrogens (tertiary/aromatic N) is 4. The van der Waals surface area contributed by atoms with Gasteiger partial charge in [-0.25, -0.2) is 17.8 Å². The zero-order valence-corrected chi connectivity index (χ0v) is 12.6. The first kappa shape index (κ1) is 15.1. The average molecular weight is 340 g/mol. The largest absolute Gasteiger partial charge is 0.345 e. The Hall–Kier alpha value is -1.00. The lowest BCUT2D eigenvalue weighted by Crippen LogP contribution is -2.38. The van der Waals surface area contributed by atoms with Gasteiger partial charge in [-0.1, -0.05) is 5.21 Å². The summed E-state index contributed by atoms with van der Waals surface area (Å²) in [6.45, 7) is 2.01. The molecule has 0 bridgehead atoms. The lowest BCUT2D eigenvalue weighted by atomic mass is 10.5. The first-order valence-electron chi connectivity index (χ1n) is 5.08. The van der Waals surface area contributed by atoms with E-state index in [4.69, 9.17) is 0 Å². The number of halogens is 1. The molecule has 0 fully saturated rings. The fourth-order valence-electron chi connectivity index (χ4n) is 1.14. The van der Waals surface area contributed by atoms with Gasteiger partial charge in [-0.3, -0.25) is 4.79 Å². The number of aromatic nitrogens is 3. The highest BCUT2D eigenvalue weighted by atomic mass is 79.9. The van der Waals surface area contributed by atoms with Gasteiger partial charge >= 0.3 is 0 Å². The van der Waals surface area contributed by atoms with Crippen molar-refractivity contribution >= 4 is 31.9 Å². The summed E-state index contributed by atoms with van der Waals surface area (Å²) in [5.41, 5.74) is 0. The number of hydrogen-bond acceptors (Lipinski definition) is 5. The number of sulfonamides is 1. The molecule has 18 heavy (non-hydrogen) atoms. The fourth-order valence-corrected chi connectivity index (χ4v) is 3.21. The van der Waals surface area contributed by atoms with Crippen LogP contribution in [-0.2, 0) is 21.9 Å². The molecule has 10 heteroatoms. The summed E-state index contributed by atoms with van der Waals surface area (Å²) in [5.74, 6) is -0.313. The maximum Gasteiger partial charge on any atom is 0.261 e. The third-order valence-corrected chi connectivity index (χ3v) is 4.59. The number of amides is 1. The molecule has 0 unspecified atom stereocenters. The highest BCUT2D eigenvalue weighted by Crippen LogP contribution is 2.17. The van der Waals surface area contributed by atoms with Gasteiger partial charge in [0.1, 0.15) is 0 Å². The van der Waals surface area contributed by atoms with Crippen molar-refractivity contribution in [1.82, 2.24) is 24.6 Å². The van der Waals surface area contributed by atoms with E-state index in [0.717, 1.165) is 4.68 Å². The third-order valence-electron chi connectivity index (χ3n) is 2.31. The molecule has 0 atom stereocenters. The first-order chi connectivity index (χ1) is 8.29. The van der Waals surface area contributed by atoms with Crippen molar-refractivity contribution in [3.8, 4) is 0 Å². The Morgan fingerprint density at radius 2 is 2.17 bits per heavy atom. The zero-order chi connectivity index (χ0) is 13.9. The number of carbonyl (C=O) groups excluding carboxylic acids is 1. The average Bonchev–Trinajstić information content (AvgIpc) is 2.65. The number of nitrogens with one attached hydrogen (secondary N) is 1. The van der Waals surface area contributed by atoms with E-state index in [9.17, 15) is 13.2 Å². The lowest BCUT2D eigenvalue weighted by molar-refractivity contribution is -0.128. The van der Waals surface area contributed by atoms with Crippen LogP contribution in [0.2, 0.25) is 0 Å². The van der Waals surface area contributed by atoms with Crippen LogP contribution < -0.4 is 4.72 Å². The molecule has 0 radical (unpaired) electrons. The van der Waals surface area contributed by atoms with Gasteiger partial charge in [-0.05, 0) is 22.9 Å². The molecule has 8 nitrogen and oxygen atoms in total. The Kier molecular flexibility index (Phi) is 4.82. The summed E-state index contributed by atoms with van der Waals surface area (Å²) in [6, 6.07) is 0. The summed E-state index contributed by atoms with van der Waals surface area (Å²) < 4.78 is 27.3. The second-order valence-electron chi connectivity index (χ2n) is 3.54. The SMILES string of the molecule is CCN(C)C(=O)CNS(=O)(=O)c1c(Br)nnn1C. The maximum absolute atomic E-state index is 11.9. The summed E-state index contributed by atoms with van der Waals surface area (Å²) in [5, 5.41) is 7.03. The highest BCUT2D eigenvalue weighted by Gasteiger charge is 2.24. The predicted molar refractivity (Wildman–Crippen MR) is 67.2 cm³/mol. The highest BCUT2D eigenvalue weighted by molar-refractivity contribution is 9.10. The molecule has 0 aromatic carbocycles. The molecule has 1 aromatic heterocycles. The van der Waals surface area contributed by atoms with E-state index in [2.05, 4.69) is 31.0 Å². The van der Waals surface area contributed by atoms with E-state index in [-0.39, 0.29) is 22.1 Å². The number of rotatable bonds is 5. The van der Waals surface area contributed by atoms with Crippen LogP contribution in [0.3, 0.4) is 0 Å². The van der Waals surface area contributed by atoms with Gasteiger partial charge in [-0.2, -0.15) is 0 Å². The molecule has 1 rings (SSSR count). The topological polar surface area (TPSA) is 97.2 Å². The normalized spacial score (nSPS) is 11.6. The van der Waals surface area contributed by atoms with E-state index in [0.29, 0.717) is 6.54 Å². The van der Waals surface area contributed by atoms with E-state index >= 15 is 0 Å². The Balaban J connectivity index is 2.82. The van der Waals surface area contributed by atoms with Crippen molar-refractivity contribution in [2.75, 3.05) is 20.1 Å². The second-order valence-corrected chi connectivity index (χ2v) is 5.97. The Bertz CT molecular complexity index is 521. The van der Waals surface area contributed by atoms with E-state index in [1.807, 2.05) is 0 Å². The number of likely N-dealkylation sites (N-methyl/N-ethyl adjacent to an activating group) is 1. The van der Waals surface area contributed by atoms with Crippen LogP contribution in [-0.4, -0.2) is 54.4 Å². The van der Waals surface area contributed by atoms with E-state index in [1.165, 1.54) is 11.9 Å². The molecule has 0 aliphatic rings. The van der Waals surface area contributed by atoms with Crippen LogP contribution in [0.15, 0.2) is 9.63 Å². The minimum Gasteiger partial charge on any atom is -0.345 e. The second kappa shape index (κ2) is 5.76. The van der Waals surface area contributed by atoms with Gasteiger partial charge in [0.25, 0.3) is 10.0 Å². The van der Waals surface area contributed by atoms with Crippen LogP contribution >= 0.6 is 15.9 Å². The van der Waals surface area contributed by atoms with Crippen molar-refractivity contribution in [3.63, 3.8) is 0 Å². The van der Waals surface area contributed by atoms with Gasteiger partial charge in [0.15, 0.2) is 4.60 Å². The standard InChI is InChI=1S/C8H14BrN5O3S/c1-4-13(2)6(15)5-10-18(16,17)8-7(9)11-12-14(8)3/h10H,4-5H2,1-3H3. The van der Waals surface area contributed by atoms with Crippen LogP contribution in [0.1, 0.15) is 6.92 Å². The minimum atomic E-state index is -3.82. The summed E-state index contributed by atoms with van der Waals surface area (Å²) in [4.78, 5) is 12.9. The molecule has 1 heterocycles. The van der Waals surface area contributed by atoms with Crippen molar-refractivity contribution < 1.29 is 13.2 Å². The quantitative estimate of drug-likeness (QED) is 0.767. The van der Waals surface area contributed by atoms with Gasteiger partial charge in [0.05, 0.1) is 6.54 Å². The smallest absolute Gasteiger partial charge is 0.261 e. The molecule has 0 saturated carbocycles. The molecular formula is C8H14BrN5O3S. The van der Waals surface area contributed by atoms with Crippen molar-refractivity contribution in [2.45, 2.75) is 11.9 Å². The molecule has 102 valence electrons. The molecule has 1 N–H and O–H groups in total. The van der Waals surface area contributed by atoms with Crippen LogP contribution in [0.25, 0.3) is 0 Å². The van der Waals surface area contributed by atoms with Crippen molar-refractivity contribution in [1.29, 1.82) is 0 Å². The summed E-state index contributed by atoms with van der Waals surface area (Å²) in [6.07, 6.45) is 0. The summed E-state index contributed by atoms with van der Waals surface area (Å²) in [7, 11) is -0.775. The van der Waals surface area contributed by atoms with Crippen LogP contribution in [0.5, 0.6) is 0 Å². The van der Waals surface area contributed by atoms with Gasteiger partial charge < -0.3 is 4.90 Å². The Morgan fingerprint density at radius 1 is 1.56 bits per heavy atom. The molecule has 1 amide bonds. The van der Waals surface area contributed by atoms with Gasteiger partial charge in [0.2, 0.25) is 10.9 Å². The molecule has 0 spiro atoms. The number of aryl methyl sites for hydroxylation is 1. The van der Waals surface area contributed by atoms with Crippen LogP contribution in [0, 0.1) is 0 Å². The number of carbonyl (C=O) groups is 1. The molecular weight excluding hydrogens is 326 g/mol. The van der Waals surface area contributed by atoms with Crippen molar-refractivity contribution in [2.24, 2.45) is 7.05 Å². The first-order valence-corrected chi connectivity index (χ1v) is 7.36. The zero-order valence-electron chi connectivity index (χ0n) is 10.2. The van der Waals surface area contributed by atoms with Gasteiger partial charge in [-0.15, -0.1) is 5.10 Å². The number of hydrogen-bond donors (Lipinski definition) is 1. The maximum atomic E-state index is 11.9. The summed E-state index contributed by atoms with van der Waals surface area (Å²) >= 11 is 2.99. The lowest BCUT2D eigenvalue weighted by Gasteiger charge is -2.14. The monoisotopic (exact) mass is 339 g/mol. The van der Waals surface area contributed by atoms with Crippen LogP contribution in [0.4, 0.5) is 0 Å². The fraction of sp³-hybridized carbons (Fsp3) is 0.625. The Morgan fingerprint density at radius 3 is 2.61 bits per heavy atom. The predicted octanol–water partition coefficient (Wildman–Crippen LogP) is -0.666. The van der Waals surface area contributed by atoms with E-state index < -0.39 is 10.0 Å².